The zero-order valence-electron chi connectivity index (χ0n) is 29.9. The van der Waals surface area contributed by atoms with Gasteiger partial charge in [-0.1, -0.05) is 167 Å². The maximum Gasteiger partial charge on any atom is 0.305 e. The summed E-state index contributed by atoms with van der Waals surface area (Å²) in [4.78, 5) is 24.3. The van der Waals surface area contributed by atoms with Crippen LogP contribution in [0.5, 0.6) is 0 Å². The second-order valence-electron chi connectivity index (χ2n) is 13.2. The molecular weight excluding hydrogens is 579 g/mol. The fourth-order valence-electron chi connectivity index (χ4n) is 5.58. The number of rotatable bonds is 37. The van der Waals surface area contributed by atoms with E-state index in [1.807, 2.05) is 0 Å². The summed E-state index contributed by atoms with van der Waals surface area (Å²) in [5.41, 5.74) is 0.0859. The van der Waals surface area contributed by atoms with E-state index in [0.717, 1.165) is 38.5 Å². The van der Waals surface area contributed by atoms with Crippen molar-refractivity contribution < 1.29 is 24.0 Å². The Balaban J connectivity index is 3.52. The highest BCUT2D eigenvalue weighted by Crippen LogP contribution is 2.21. The Morgan fingerprint density at radius 2 is 0.933 bits per heavy atom. The molecule has 0 heterocycles. The molecule has 0 amide bonds. The molecule has 266 valence electrons. The summed E-state index contributed by atoms with van der Waals surface area (Å²) in [6.45, 7) is 4.30. The monoisotopic (exact) mass is 655 g/mol. The lowest BCUT2D eigenvalue weighted by molar-refractivity contribution is -0.146. The number of aliphatic hydroxyl groups excluding tert-OH is 1. The summed E-state index contributed by atoms with van der Waals surface area (Å²) >= 11 is 0. The number of carbonyl (C=O) groups is 2. The van der Waals surface area contributed by atoms with Crippen LogP contribution in [0, 0.1) is 0 Å². The Bertz CT molecular complexity index is 653. The van der Waals surface area contributed by atoms with Gasteiger partial charge >= 0.3 is 5.97 Å². The van der Waals surface area contributed by atoms with Gasteiger partial charge in [0.15, 0.2) is 5.52 Å². The molecule has 0 aromatic heterocycles. The summed E-state index contributed by atoms with van der Waals surface area (Å²) < 4.78 is 10.9. The molecule has 5 nitrogen and oxygen atoms in total. The predicted molar refractivity (Wildman–Crippen MR) is 195 cm³/mol. The number of hydrogen-bond donors (Lipinski definition) is 1. The van der Waals surface area contributed by atoms with Crippen molar-refractivity contribution in [3.63, 3.8) is 0 Å². The van der Waals surface area contributed by atoms with E-state index in [-0.39, 0.29) is 33.5 Å². The van der Waals surface area contributed by atoms with E-state index in [9.17, 15) is 14.7 Å². The molecule has 0 spiro atoms. The van der Waals surface area contributed by atoms with Gasteiger partial charge in [-0.15, -0.1) is 0 Å². The molecule has 0 aliphatic carbocycles. The average molecular weight is 655 g/mol. The van der Waals surface area contributed by atoms with Crippen molar-refractivity contribution in [1.29, 1.82) is 0 Å². The molecule has 0 bridgehead atoms. The lowest BCUT2D eigenvalue weighted by atomic mass is 10.0. The maximum atomic E-state index is 12.2. The van der Waals surface area contributed by atoms with Crippen molar-refractivity contribution in [2.75, 3.05) is 13.2 Å². The van der Waals surface area contributed by atoms with Crippen LogP contribution in [-0.4, -0.2) is 35.9 Å². The highest BCUT2D eigenvalue weighted by atomic mass is 31.1. The first kappa shape index (κ1) is 44.2. The molecule has 0 rings (SSSR count). The second-order valence-corrected chi connectivity index (χ2v) is 14.2. The summed E-state index contributed by atoms with van der Waals surface area (Å²) in [5.74, 6) is -0.248. The number of ether oxygens (including phenoxy) is 1. The van der Waals surface area contributed by atoms with Gasteiger partial charge < -0.3 is 14.4 Å². The number of allylic oxidation sites excluding steroid dienone is 2. The van der Waals surface area contributed by atoms with Crippen LogP contribution < -0.4 is 0 Å². The quantitative estimate of drug-likeness (QED) is 0.0312. The molecule has 0 fully saturated rings. The van der Waals surface area contributed by atoms with Crippen LogP contribution in [0.4, 0.5) is 0 Å². The van der Waals surface area contributed by atoms with E-state index in [2.05, 4.69) is 26.0 Å². The molecule has 0 aliphatic heterocycles. The zero-order chi connectivity index (χ0) is 32.9. The minimum absolute atomic E-state index is 0.0135. The van der Waals surface area contributed by atoms with Crippen molar-refractivity contribution in [1.82, 2.24) is 0 Å². The molecular formula is C39H75O5P. The van der Waals surface area contributed by atoms with Crippen molar-refractivity contribution in [2.45, 2.75) is 213 Å². The highest BCUT2D eigenvalue weighted by molar-refractivity contribution is 7.53. The molecule has 2 atom stereocenters. The van der Waals surface area contributed by atoms with Crippen LogP contribution in [0.15, 0.2) is 12.2 Å². The van der Waals surface area contributed by atoms with Gasteiger partial charge in [0, 0.05) is 12.8 Å². The molecule has 0 aliphatic rings. The van der Waals surface area contributed by atoms with Gasteiger partial charge in [0.25, 0.3) is 0 Å². The standard InChI is InChI=1S/C39H75O5P/c1-3-5-7-9-11-13-15-17-19-21-23-25-27-29-31-33-38(41)43-36-37(35-40)44-45-39(42)34-32-30-28-26-24-22-20-18-16-14-12-10-8-6-4-2/h17,19,37,40,45H,3-16,18,20-36H2,1-2H3/b19-17-. The lowest BCUT2D eigenvalue weighted by Crippen LogP contribution is -2.23. The normalized spacial score (nSPS) is 12.5. The van der Waals surface area contributed by atoms with Crippen molar-refractivity contribution in [2.24, 2.45) is 0 Å². The van der Waals surface area contributed by atoms with Crippen molar-refractivity contribution in [3.8, 4) is 0 Å². The van der Waals surface area contributed by atoms with Crippen LogP contribution in [0.2, 0.25) is 0 Å². The first-order chi connectivity index (χ1) is 22.1. The Morgan fingerprint density at radius 1 is 0.556 bits per heavy atom. The highest BCUT2D eigenvalue weighted by Gasteiger charge is 2.14. The lowest BCUT2D eigenvalue weighted by Gasteiger charge is -2.15. The molecule has 0 aromatic carbocycles. The van der Waals surface area contributed by atoms with Crippen LogP contribution in [0.3, 0.4) is 0 Å². The van der Waals surface area contributed by atoms with Gasteiger partial charge in [0.1, 0.15) is 12.7 Å². The summed E-state index contributed by atoms with van der Waals surface area (Å²) in [5, 5.41) is 9.56. The van der Waals surface area contributed by atoms with Gasteiger partial charge in [-0.3, -0.25) is 9.59 Å². The molecule has 0 saturated heterocycles. The molecule has 45 heavy (non-hydrogen) atoms. The third-order valence-electron chi connectivity index (χ3n) is 8.62. The second kappa shape index (κ2) is 37.7. The summed E-state index contributed by atoms with van der Waals surface area (Å²) in [7, 11) is -0.288. The SMILES string of the molecule is CCCCCCCC/C=C\CCCCCCCC(=O)OCC(CO)OPC(=O)CCCCCCCCCCCCCCCCC. The first-order valence-corrected chi connectivity index (χ1v) is 20.4. The number of unbranched alkanes of at least 4 members (excludes halogenated alkanes) is 25. The van der Waals surface area contributed by atoms with E-state index < -0.39 is 6.10 Å². The number of carbonyl (C=O) groups excluding carboxylic acids is 2. The van der Waals surface area contributed by atoms with E-state index in [1.54, 1.807) is 0 Å². The van der Waals surface area contributed by atoms with Crippen molar-refractivity contribution >= 4 is 20.3 Å². The van der Waals surface area contributed by atoms with E-state index in [0.29, 0.717) is 12.8 Å². The molecule has 0 saturated carbocycles. The molecule has 0 radical (unpaired) electrons. The topological polar surface area (TPSA) is 72.8 Å². The average Bonchev–Trinajstić information content (AvgIpc) is 3.04. The fraction of sp³-hybridized carbons (Fsp3) is 0.897. The number of esters is 1. The Kier molecular flexibility index (Phi) is 37.0. The summed E-state index contributed by atoms with van der Waals surface area (Å²) in [6, 6.07) is 0. The smallest absolute Gasteiger partial charge is 0.305 e. The largest absolute Gasteiger partial charge is 0.463 e. The number of aliphatic hydroxyl groups is 1. The Hall–Kier alpha value is -0.770. The zero-order valence-corrected chi connectivity index (χ0v) is 30.9. The third kappa shape index (κ3) is 35.9. The van der Waals surface area contributed by atoms with Crippen LogP contribution in [0.25, 0.3) is 0 Å². The van der Waals surface area contributed by atoms with Gasteiger partial charge in [0.05, 0.1) is 15.4 Å². The van der Waals surface area contributed by atoms with E-state index in [4.69, 9.17) is 9.26 Å². The predicted octanol–water partition coefficient (Wildman–Crippen LogP) is 12.3. The first-order valence-electron chi connectivity index (χ1n) is 19.5. The molecule has 0 aromatic rings. The van der Waals surface area contributed by atoms with Crippen LogP contribution in [0.1, 0.15) is 206 Å². The Morgan fingerprint density at radius 3 is 1.36 bits per heavy atom. The van der Waals surface area contributed by atoms with Gasteiger partial charge in [-0.25, -0.2) is 0 Å². The summed E-state index contributed by atoms with van der Waals surface area (Å²) in [6.07, 6.45) is 40.5. The van der Waals surface area contributed by atoms with E-state index in [1.165, 1.54) is 141 Å². The maximum absolute atomic E-state index is 12.2. The molecule has 1 N–H and O–H groups in total. The van der Waals surface area contributed by atoms with Crippen LogP contribution >= 0.6 is 8.81 Å². The minimum Gasteiger partial charge on any atom is -0.463 e. The van der Waals surface area contributed by atoms with Crippen molar-refractivity contribution in [3.05, 3.63) is 12.2 Å². The number of hydrogen-bond acceptors (Lipinski definition) is 5. The van der Waals surface area contributed by atoms with E-state index >= 15 is 0 Å². The van der Waals surface area contributed by atoms with Gasteiger partial charge in [0.2, 0.25) is 0 Å². The van der Waals surface area contributed by atoms with Gasteiger partial charge in [-0.05, 0) is 38.5 Å². The van der Waals surface area contributed by atoms with Gasteiger partial charge in [-0.2, -0.15) is 0 Å². The fourth-order valence-corrected chi connectivity index (χ4v) is 6.30. The Labute approximate surface area is 281 Å². The van der Waals surface area contributed by atoms with Crippen LogP contribution in [-0.2, 0) is 18.8 Å². The molecule has 6 heteroatoms. The third-order valence-corrected chi connectivity index (χ3v) is 9.55. The minimum atomic E-state index is -0.619. The molecule has 2 unspecified atom stereocenters.